The van der Waals surface area contributed by atoms with Gasteiger partial charge in [0.15, 0.2) is 5.78 Å². The average molecular weight is 242 g/mol. The van der Waals surface area contributed by atoms with Crippen molar-refractivity contribution in [2.75, 3.05) is 17.5 Å². The quantitative estimate of drug-likeness (QED) is 0.739. The number of carbonyl (C=O) groups excluding carboxylic acids is 1. The maximum atomic E-state index is 11.4. The molecule has 0 atom stereocenters. The zero-order valence-electron chi connectivity index (χ0n) is 8.93. The maximum absolute atomic E-state index is 11.4. The van der Waals surface area contributed by atoms with Crippen LogP contribution in [0.3, 0.4) is 0 Å². The van der Waals surface area contributed by atoms with Crippen LogP contribution < -0.4 is 10.5 Å². The molecular weight excluding hydrogens is 228 g/mol. The van der Waals surface area contributed by atoms with Crippen LogP contribution in [0.15, 0.2) is 24.3 Å². The highest BCUT2D eigenvalue weighted by Gasteiger charge is 2.05. The summed E-state index contributed by atoms with van der Waals surface area (Å²) in [5.41, 5.74) is 6.24. The number of nitrogens with two attached hydrogens (primary N) is 1. The van der Waals surface area contributed by atoms with Gasteiger partial charge in [-0.3, -0.25) is 9.52 Å². The van der Waals surface area contributed by atoms with Gasteiger partial charge >= 0.3 is 0 Å². The number of sulfonamides is 1. The molecule has 0 heterocycles. The van der Waals surface area contributed by atoms with Crippen molar-refractivity contribution in [3.05, 3.63) is 29.8 Å². The van der Waals surface area contributed by atoms with Gasteiger partial charge < -0.3 is 5.73 Å². The summed E-state index contributed by atoms with van der Waals surface area (Å²) >= 11 is 0. The monoisotopic (exact) mass is 242 g/mol. The fourth-order valence-corrected chi connectivity index (χ4v) is 1.78. The topological polar surface area (TPSA) is 89.3 Å². The van der Waals surface area contributed by atoms with Crippen molar-refractivity contribution in [1.82, 2.24) is 0 Å². The molecule has 16 heavy (non-hydrogen) atoms. The Bertz CT molecular complexity index is 465. The molecule has 0 aliphatic heterocycles. The predicted molar refractivity (Wildman–Crippen MR) is 62.9 cm³/mol. The van der Waals surface area contributed by atoms with E-state index in [1.165, 1.54) is 0 Å². The molecule has 0 aliphatic rings. The Balaban J connectivity index is 2.79. The molecule has 0 fully saturated rings. The number of ketones is 1. The first-order chi connectivity index (χ1) is 7.42. The third-order valence-electron chi connectivity index (χ3n) is 1.88. The van der Waals surface area contributed by atoms with Gasteiger partial charge in [0.1, 0.15) is 0 Å². The molecular formula is C10H14N2O3S. The highest BCUT2D eigenvalue weighted by Crippen LogP contribution is 2.11. The lowest BCUT2D eigenvalue weighted by Crippen LogP contribution is -2.10. The number of nitrogens with one attached hydrogen (secondary N) is 1. The molecule has 0 radical (unpaired) electrons. The second-order valence-electron chi connectivity index (χ2n) is 3.41. The summed E-state index contributed by atoms with van der Waals surface area (Å²) in [6, 6.07) is 6.24. The molecule has 0 aliphatic carbocycles. The zero-order chi connectivity index (χ0) is 12.2. The lowest BCUT2D eigenvalue weighted by molar-refractivity contribution is 0.0985. The number of Topliss-reactive ketones (excluding diaryl/α,β-unsaturated/α-hetero) is 1. The molecule has 0 saturated heterocycles. The van der Waals surface area contributed by atoms with E-state index in [0.29, 0.717) is 24.2 Å². The fraction of sp³-hybridized carbons (Fsp3) is 0.300. The summed E-state index contributed by atoms with van der Waals surface area (Å²) < 4.78 is 24.2. The van der Waals surface area contributed by atoms with E-state index in [1.807, 2.05) is 0 Å². The first kappa shape index (κ1) is 12.7. The first-order valence-electron chi connectivity index (χ1n) is 4.73. The van der Waals surface area contributed by atoms with Crippen molar-refractivity contribution in [3.8, 4) is 0 Å². The Morgan fingerprint density at radius 1 is 1.31 bits per heavy atom. The number of anilines is 1. The van der Waals surface area contributed by atoms with Crippen LogP contribution in [0.4, 0.5) is 5.69 Å². The molecule has 5 nitrogen and oxygen atoms in total. The van der Waals surface area contributed by atoms with E-state index in [2.05, 4.69) is 4.72 Å². The van der Waals surface area contributed by atoms with E-state index in [-0.39, 0.29) is 5.78 Å². The van der Waals surface area contributed by atoms with Gasteiger partial charge in [0.2, 0.25) is 10.0 Å². The minimum Gasteiger partial charge on any atom is -0.330 e. The molecule has 1 aromatic carbocycles. The Kier molecular flexibility index (Phi) is 4.03. The van der Waals surface area contributed by atoms with Gasteiger partial charge in [-0.05, 0) is 30.8 Å². The standard InChI is InChI=1S/C10H14N2O3S/c1-16(14,15)12-9-4-2-8(3-5-9)10(13)6-7-11/h2-5,12H,6-7,11H2,1H3. The van der Waals surface area contributed by atoms with E-state index < -0.39 is 10.0 Å². The average Bonchev–Trinajstić information content (AvgIpc) is 2.16. The Hall–Kier alpha value is -1.40. The van der Waals surface area contributed by atoms with E-state index in [4.69, 9.17) is 5.73 Å². The zero-order valence-corrected chi connectivity index (χ0v) is 9.75. The van der Waals surface area contributed by atoms with Crippen LogP contribution in [0.5, 0.6) is 0 Å². The molecule has 0 bridgehead atoms. The van der Waals surface area contributed by atoms with E-state index in [9.17, 15) is 13.2 Å². The molecule has 88 valence electrons. The van der Waals surface area contributed by atoms with Gasteiger partial charge in [-0.25, -0.2) is 8.42 Å². The van der Waals surface area contributed by atoms with E-state index in [1.54, 1.807) is 24.3 Å². The number of benzene rings is 1. The Morgan fingerprint density at radius 2 is 1.88 bits per heavy atom. The van der Waals surface area contributed by atoms with Crippen LogP contribution in [0.1, 0.15) is 16.8 Å². The van der Waals surface area contributed by atoms with Gasteiger partial charge in [0.05, 0.1) is 6.26 Å². The molecule has 1 rings (SSSR count). The largest absolute Gasteiger partial charge is 0.330 e. The number of hydrogen-bond acceptors (Lipinski definition) is 4. The van der Waals surface area contributed by atoms with Crippen molar-refractivity contribution in [1.29, 1.82) is 0 Å². The van der Waals surface area contributed by atoms with Crippen LogP contribution in [-0.4, -0.2) is 27.0 Å². The second-order valence-corrected chi connectivity index (χ2v) is 5.16. The normalized spacial score (nSPS) is 11.1. The molecule has 0 aromatic heterocycles. The van der Waals surface area contributed by atoms with Gasteiger partial charge in [-0.15, -0.1) is 0 Å². The predicted octanol–water partition coefficient (Wildman–Crippen LogP) is 0.590. The summed E-state index contributed by atoms with van der Waals surface area (Å²) in [5, 5.41) is 0. The third kappa shape index (κ3) is 4.00. The van der Waals surface area contributed by atoms with Crippen molar-refractivity contribution in [2.45, 2.75) is 6.42 Å². The summed E-state index contributed by atoms with van der Waals surface area (Å²) in [5.74, 6) is -0.0478. The molecule has 0 amide bonds. The van der Waals surface area contributed by atoms with Crippen LogP contribution in [-0.2, 0) is 10.0 Å². The van der Waals surface area contributed by atoms with Crippen LogP contribution in [0.25, 0.3) is 0 Å². The van der Waals surface area contributed by atoms with Crippen molar-refractivity contribution in [2.24, 2.45) is 5.73 Å². The van der Waals surface area contributed by atoms with Crippen molar-refractivity contribution >= 4 is 21.5 Å². The minimum atomic E-state index is -3.28. The van der Waals surface area contributed by atoms with Gasteiger partial charge in [0, 0.05) is 17.7 Å². The number of carbonyl (C=O) groups is 1. The maximum Gasteiger partial charge on any atom is 0.229 e. The molecule has 0 saturated carbocycles. The third-order valence-corrected chi connectivity index (χ3v) is 2.49. The van der Waals surface area contributed by atoms with Gasteiger partial charge in [0.25, 0.3) is 0 Å². The molecule has 3 N–H and O–H groups in total. The first-order valence-corrected chi connectivity index (χ1v) is 6.62. The summed E-state index contributed by atoms with van der Waals surface area (Å²) in [7, 11) is -3.28. The van der Waals surface area contributed by atoms with Crippen LogP contribution in [0, 0.1) is 0 Å². The number of rotatable bonds is 5. The molecule has 6 heteroatoms. The van der Waals surface area contributed by atoms with Crippen molar-refractivity contribution in [3.63, 3.8) is 0 Å². The minimum absolute atomic E-state index is 0.0478. The SMILES string of the molecule is CS(=O)(=O)Nc1ccc(C(=O)CCN)cc1. The highest BCUT2D eigenvalue weighted by molar-refractivity contribution is 7.92. The lowest BCUT2D eigenvalue weighted by Gasteiger charge is -2.04. The fourth-order valence-electron chi connectivity index (χ4n) is 1.21. The molecule has 1 aromatic rings. The Labute approximate surface area is 94.7 Å². The van der Waals surface area contributed by atoms with E-state index in [0.717, 1.165) is 6.26 Å². The number of hydrogen-bond donors (Lipinski definition) is 2. The van der Waals surface area contributed by atoms with Gasteiger partial charge in [-0.2, -0.15) is 0 Å². The molecule has 0 spiro atoms. The lowest BCUT2D eigenvalue weighted by atomic mass is 10.1. The van der Waals surface area contributed by atoms with Crippen LogP contribution in [0.2, 0.25) is 0 Å². The summed E-state index contributed by atoms with van der Waals surface area (Å²) in [4.78, 5) is 11.4. The van der Waals surface area contributed by atoms with Crippen molar-refractivity contribution < 1.29 is 13.2 Å². The second kappa shape index (κ2) is 5.09. The van der Waals surface area contributed by atoms with E-state index >= 15 is 0 Å². The summed E-state index contributed by atoms with van der Waals surface area (Å²) in [6.45, 7) is 0.308. The van der Waals surface area contributed by atoms with Crippen LogP contribution >= 0.6 is 0 Å². The highest BCUT2D eigenvalue weighted by atomic mass is 32.2. The van der Waals surface area contributed by atoms with Gasteiger partial charge in [-0.1, -0.05) is 0 Å². The smallest absolute Gasteiger partial charge is 0.229 e. The molecule has 0 unspecified atom stereocenters. The summed E-state index contributed by atoms with van der Waals surface area (Å²) in [6.07, 6.45) is 1.36. The Morgan fingerprint density at radius 3 is 2.31 bits per heavy atom.